The molecule has 1 fully saturated rings. The molecular weight excluding hydrogens is 464 g/mol. The number of anilines is 2. The first-order chi connectivity index (χ1) is 17.8. The maximum absolute atomic E-state index is 12.3. The maximum Gasteiger partial charge on any atom is 0.324 e. The number of carbonyl (C=O) groups excluding carboxylic acids is 1. The standard InChI is InChI=1S/C30H36N4O3/c1-30(2,3)27-22-28(33-37-27)32-29(35)31-25-14-10-23(11-15-25)8-9-24-12-16-26(17-13-24)36-21-7-20-34-18-5-4-6-19-34/h10-17,22H,4-7,18-21H2,1-3H3,(H2,31,32,33,35). The molecular formula is C30H36N4O3. The number of likely N-dealkylation sites (tertiary alicyclic amines) is 1. The summed E-state index contributed by atoms with van der Waals surface area (Å²) >= 11 is 0. The van der Waals surface area contributed by atoms with Crippen LogP contribution in [0.1, 0.15) is 63.3 Å². The van der Waals surface area contributed by atoms with Crippen molar-refractivity contribution in [2.75, 3.05) is 36.9 Å². The predicted molar refractivity (Wildman–Crippen MR) is 147 cm³/mol. The van der Waals surface area contributed by atoms with E-state index in [9.17, 15) is 4.79 Å². The Morgan fingerprint density at radius 2 is 1.62 bits per heavy atom. The molecule has 4 rings (SSSR count). The molecule has 2 amide bonds. The summed E-state index contributed by atoms with van der Waals surface area (Å²) in [5.41, 5.74) is 2.26. The van der Waals surface area contributed by atoms with E-state index in [0.29, 0.717) is 17.3 Å². The van der Waals surface area contributed by atoms with Crippen LogP contribution in [0.15, 0.2) is 59.1 Å². The van der Waals surface area contributed by atoms with Gasteiger partial charge in [0.1, 0.15) is 11.5 Å². The van der Waals surface area contributed by atoms with Crippen molar-refractivity contribution >= 4 is 17.5 Å². The average molecular weight is 501 g/mol. The van der Waals surface area contributed by atoms with Crippen molar-refractivity contribution < 1.29 is 14.1 Å². The van der Waals surface area contributed by atoms with E-state index in [4.69, 9.17) is 9.26 Å². The van der Waals surface area contributed by atoms with E-state index in [1.807, 2.05) is 69.3 Å². The Hall–Kier alpha value is -3.76. The molecule has 0 aliphatic carbocycles. The lowest BCUT2D eigenvalue weighted by Crippen LogP contribution is -2.31. The average Bonchev–Trinajstić information content (AvgIpc) is 3.37. The van der Waals surface area contributed by atoms with Crippen molar-refractivity contribution in [2.45, 2.75) is 51.9 Å². The molecule has 0 spiro atoms. The third kappa shape index (κ3) is 8.40. The lowest BCUT2D eigenvalue weighted by Gasteiger charge is -2.26. The molecule has 7 heteroatoms. The van der Waals surface area contributed by atoms with Gasteiger partial charge in [0, 0.05) is 34.8 Å². The minimum atomic E-state index is -0.388. The molecule has 1 aliphatic heterocycles. The highest BCUT2D eigenvalue weighted by Gasteiger charge is 2.20. The van der Waals surface area contributed by atoms with Crippen LogP contribution in [-0.2, 0) is 5.41 Å². The summed E-state index contributed by atoms with van der Waals surface area (Å²) < 4.78 is 11.2. The first-order valence-electron chi connectivity index (χ1n) is 13.0. The molecule has 0 saturated carbocycles. The highest BCUT2D eigenvalue weighted by atomic mass is 16.5. The number of carbonyl (C=O) groups is 1. The van der Waals surface area contributed by atoms with Gasteiger partial charge in [-0.25, -0.2) is 4.79 Å². The van der Waals surface area contributed by atoms with Crippen molar-refractivity contribution in [2.24, 2.45) is 0 Å². The van der Waals surface area contributed by atoms with Crippen LogP contribution in [0.4, 0.5) is 16.3 Å². The van der Waals surface area contributed by atoms with Crippen molar-refractivity contribution in [3.05, 3.63) is 71.5 Å². The van der Waals surface area contributed by atoms with E-state index in [1.54, 1.807) is 6.07 Å². The molecule has 0 atom stereocenters. The van der Waals surface area contributed by atoms with Gasteiger partial charge in [0.2, 0.25) is 0 Å². The molecule has 7 nitrogen and oxygen atoms in total. The summed E-state index contributed by atoms with van der Waals surface area (Å²) in [5.74, 6) is 8.29. The van der Waals surface area contributed by atoms with E-state index in [-0.39, 0.29) is 11.4 Å². The van der Waals surface area contributed by atoms with Gasteiger partial charge in [0.05, 0.1) is 6.61 Å². The summed E-state index contributed by atoms with van der Waals surface area (Å²) in [7, 11) is 0. The van der Waals surface area contributed by atoms with Gasteiger partial charge in [0.25, 0.3) is 0 Å². The number of benzene rings is 2. The number of amides is 2. The van der Waals surface area contributed by atoms with Gasteiger partial charge in [0.15, 0.2) is 5.82 Å². The Balaban J connectivity index is 1.21. The second kappa shape index (κ2) is 12.5. The van der Waals surface area contributed by atoms with Crippen molar-refractivity contribution in [1.82, 2.24) is 10.1 Å². The Bertz CT molecular complexity index is 1210. The molecule has 2 aromatic carbocycles. The molecule has 1 aromatic heterocycles. The zero-order valence-corrected chi connectivity index (χ0v) is 22.0. The second-order valence-electron chi connectivity index (χ2n) is 10.4. The van der Waals surface area contributed by atoms with E-state index < -0.39 is 0 Å². The van der Waals surface area contributed by atoms with Gasteiger partial charge in [-0.1, -0.05) is 44.2 Å². The van der Waals surface area contributed by atoms with E-state index >= 15 is 0 Å². The third-order valence-corrected chi connectivity index (χ3v) is 6.18. The SMILES string of the molecule is CC(C)(C)c1cc(NC(=O)Nc2ccc(C#Cc3ccc(OCCCN4CCCCC4)cc3)cc2)no1. The van der Waals surface area contributed by atoms with Crippen LogP contribution in [0.2, 0.25) is 0 Å². The first-order valence-corrected chi connectivity index (χ1v) is 13.0. The number of nitrogens with zero attached hydrogens (tertiary/aromatic N) is 2. The van der Waals surface area contributed by atoms with Crippen molar-refractivity contribution in [3.63, 3.8) is 0 Å². The molecule has 0 radical (unpaired) electrons. The van der Waals surface area contributed by atoms with Gasteiger partial charge >= 0.3 is 6.03 Å². The number of ether oxygens (including phenoxy) is 1. The highest BCUT2D eigenvalue weighted by Crippen LogP contribution is 2.24. The summed E-state index contributed by atoms with van der Waals surface area (Å²) in [6, 6.07) is 16.6. The number of urea groups is 1. The molecule has 3 aromatic rings. The number of hydrogen-bond acceptors (Lipinski definition) is 5. The largest absolute Gasteiger partial charge is 0.494 e. The molecule has 2 heterocycles. The van der Waals surface area contributed by atoms with Crippen LogP contribution in [0.25, 0.3) is 0 Å². The monoisotopic (exact) mass is 500 g/mol. The van der Waals surface area contributed by atoms with Crippen LogP contribution >= 0.6 is 0 Å². The molecule has 2 N–H and O–H groups in total. The molecule has 0 unspecified atom stereocenters. The highest BCUT2D eigenvalue weighted by molar-refractivity contribution is 5.99. The van der Waals surface area contributed by atoms with E-state index in [2.05, 4.69) is 32.5 Å². The van der Waals surface area contributed by atoms with Gasteiger partial charge in [-0.15, -0.1) is 0 Å². The normalized spacial score (nSPS) is 13.9. The number of nitrogens with one attached hydrogen (secondary N) is 2. The maximum atomic E-state index is 12.3. The zero-order valence-electron chi connectivity index (χ0n) is 22.0. The molecule has 1 aliphatic rings. The van der Waals surface area contributed by atoms with Crippen LogP contribution in [-0.4, -0.2) is 42.3 Å². The predicted octanol–water partition coefficient (Wildman–Crippen LogP) is 6.27. The molecule has 194 valence electrons. The summed E-state index contributed by atoms with van der Waals surface area (Å²) in [5, 5.41) is 9.37. The van der Waals surface area contributed by atoms with Gasteiger partial charge in [-0.05, 0) is 80.9 Å². The Labute approximate surface area is 219 Å². The van der Waals surface area contributed by atoms with Crippen LogP contribution in [0, 0.1) is 11.8 Å². The Kier molecular flexibility index (Phi) is 8.86. The van der Waals surface area contributed by atoms with Crippen molar-refractivity contribution in [3.8, 4) is 17.6 Å². The van der Waals surface area contributed by atoms with Crippen LogP contribution in [0.3, 0.4) is 0 Å². The van der Waals surface area contributed by atoms with Gasteiger partial charge in [-0.3, -0.25) is 5.32 Å². The molecule has 37 heavy (non-hydrogen) atoms. The smallest absolute Gasteiger partial charge is 0.324 e. The fraction of sp³-hybridized carbons (Fsp3) is 0.400. The minimum absolute atomic E-state index is 0.178. The fourth-order valence-electron chi connectivity index (χ4n) is 4.04. The summed E-state index contributed by atoms with van der Waals surface area (Å²) in [6.45, 7) is 10.4. The second-order valence-corrected chi connectivity index (χ2v) is 10.4. The number of rotatable bonds is 7. The minimum Gasteiger partial charge on any atom is -0.494 e. The summed E-state index contributed by atoms with van der Waals surface area (Å²) in [4.78, 5) is 14.8. The molecule has 1 saturated heterocycles. The van der Waals surface area contributed by atoms with E-state index in [1.165, 1.54) is 32.4 Å². The van der Waals surface area contributed by atoms with Gasteiger partial charge < -0.3 is 19.5 Å². The van der Waals surface area contributed by atoms with Gasteiger partial charge in [-0.2, -0.15) is 0 Å². The lowest BCUT2D eigenvalue weighted by molar-refractivity contribution is 0.205. The number of hydrogen-bond donors (Lipinski definition) is 2. The fourth-order valence-corrected chi connectivity index (χ4v) is 4.04. The van der Waals surface area contributed by atoms with Crippen LogP contribution in [0.5, 0.6) is 5.75 Å². The molecule has 0 bridgehead atoms. The summed E-state index contributed by atoms with van der Waals surface area (Å²) in [6.07, 6.45) is 5.07. The lowest BCUT2D eigenvalue weighted by atomic mass is 9.93. The van der Waals surface area contributed by atoms with Crippen molar-refractivity contribution in [1.29, 1.82) is 0 Å². The number of aromatic nitrogens is 1. The van der Waals surface area contributed by atoms with E-state index in [0.717, 1.165) is 36.4 Å². The Morgan fingerprint density at radius 1 is 0.973 bits per heavy atom. The third-order valence-electron chi connectivity index (χ3n) is 6.18. The topological polar surface area (TPSA) is 79.6 Å². The van der Waals surface area contributed by atoms with Crippen LogP contribution < -0.4 is 15.4 Å². The first kappa shape index (κ1) is 26.3. The number of piperidine rings is 1. The Morgan fingerprint density at radius 3 is 2.24 bits per heavy atom. The quantitative estimate of drug-likeness (QED) is 0.295. The zero-order chi connectivity index (χ0) is 26.1.